The zero-order valence-corrected chi connectivity index (χ0v) is 18.9. The summed E-state index contributed by atoms with van der Waals surface area (Å²) >= 11 is 2.82. The number of amides is 1. The quantitative estimate of drug-likeness (QED) is 0.363. The maximum absolute atomic E-state index is 14.3. The minimum absolute atomic E-state index is 0.193. The van der Waals surface area contributed by atoms with Crippen LogP contribution in [0.4, 0.5) is 15.2 Å². The van der Waals surface area contributed by atoms with Crippen LogP contribution in [-0.2, 0) is 10.5 Å². The summed E-state index contributed by atoms with van der Waals surface area (Å²) in [5, 5.41) is 11.6. The van der Waals surface area contributed by atoms with E-state index in [2.05, 4.69) is 28.2 Å². The number of carbonyl (C=O) groups excluding carboxylic acids is 1. The zero-order valence-electron chi connectivity index (χ0n) is 17.2. The molecular formula is C22H20FN5OS2. The second kappa shape index (κ2) is 8.99. The summed E-state index contributed by atoms with van der Waals surface area (Å²) < 4.78 is 16.3. The number of hydrogen-bond donors (Lipinski definition) is 0. The summed E-state index contributed by atoms with van der Waals surface area (Å²) in [6, 6.07) is 14.3. The molecule has 0 aliphatic carbocycles. The van der Waals surface area contributed by atoms with E-state index in [-0.39, 0.29) is 11.6 Å². The molecule has 0 bridgehead atoms. The largest absolute Gasteiger partial charge is 0.274 e. The molecule has 0 aliphatic rings. The molecule has 0 fully saturated rings. The molecule has 0 atom stereocenters. The Bertz CT molecular complexity index is 1240. The highest BCUT2D eigenvalue weighted by molar-refractivity contribution is 7.98. The van der Waals surface area contributed by atoms with Crippen LogP contribution >= 0.6 is 23.1 Å². The van der Waals surface area contributed by atoms with Gasteiger partial charge >= 0.3 is 0 Å². The lowest BCUT2D eigenvalue weighted by molar-refractivity contribution is -0.115. The van der Waals surface area contributed by atoms with E-state index in [1.807, 2.05) is 35.1 Å². The molecule has 2 aromatic heterocycles. The standard InChI is InChI=1S/C22H20FN5OS2/c1-14-8-4-6-10-19(14)27-15(2)25-26-22(27)31-13-17-12-30-21(24-17)28(16(3)29)20-11-7-5-9-18(20)23/h4-12H,13H2,1-3H3. The van der Waals surface area contributed by atoms with Gasteiger partial charge in [0.25, 0.3) is 0 Å². The summed E-state index contributed by atoms with van der Waals surface area (Å²) in [7, 11) is 0. The Balaban J connectivity index is 1.57. The number of aromatic nitrogens is 4. The molecule has 4 aromatic rings. The van der Waals surface area contributed by atoms with Crippen molar-refractivity contribution in [2.45, 2.75) is 31.7 Å². The fraction of sp³-hybridized carbons (Fsp3) is 0.182. The van der Waals surface area contributed by atoms with E-state index in [9.17, 15) is 9.18 Å². The van der Waals surface area contributed by atoms with Crippen LogP contribution in [0.1, 0.15) is 24.0 Å². The number of thiazole rings is 1. The number of para-hydroxylation sites is 2. The molecule has 6 nitrogen and oxygen atoms in total. The van der Waals surface area contributed by atoms with E-state index >= 15 is 0 Å². The molecule has 0 radical (unpaired) electrons. The molecule has 31 heavy (non-hydrogen) atoms. The van der Waals surface area contributed by atoms with Gasteiger partial charge in [-0.15, -0.1) is 21.5 Å². The van der Waals surface area contributed by atoms with Gasteiger partial charge in [0.15, 0.2) is 10.3 Å². The third-order valence-electron chi connectivity index (χ3n) is 4.64. The van der Waals surface area contributed by atoms with Gasteiger partial charge in [0, 0.05) is 18.1 Å². The molecule has 2 aromatic carbocycles. The topological polar surface area (TPSA) is 63.9 Å². The van der Waals surface area contributed by atoms with Crippen molar-refractivity contribution in [3.63, 3.8) is 0 Å². The van der Waals surface area contributed by atoms with Gasteiger partial charge in [-0.25, -0.2) is 9.37 Å². The van der Waals surface area contributed by atoms with Crippen molar-refractivity contribution in [1.29, 1.82) is 0 Å². The maximum Gasteiger partial charge on any atom is 0.230 e. The van der Waals surface area contributed by atoms with Crippen molar-refractivity contribution in [3.05, 3.63) is 76.8 Å². The summed E-state index contributed by atoms with van der Waals surface area (Å²) in [5.74, 6) is 0.584. The predicted octanol–water partition coefficient (Wildman–Crippen LogP) is 5.46. The second-order valence-corrected chi connectivity index (χ2v) is 8.65. The molecule has 2 heterocycles. The number of carbonyl (C=O) groups is 1. The summed E-state index contributed by atoms with van der Waals surface area (Å²) in [5.41, 5.74) is 3.14. The first kappa shape index (κ1) is 21.2. The highest BCUT2D eigenvalue weighted by Gasteiger charge is 2.21. The van der Waals surface area contributed by atoms with Crippen molar-refractivity contribution in [2.24, 2.45) is 0 Å². The number of nitrogens with zero attached hydrogens (tertiary/aromatic N) is 5. The number of anilines is 2. The van der Waals surface area contributed by atoms with Crippen molar-refractivity contribution in [2.75, 3.05) is 4.90 Å². The molecule has 0 unspecified atom stereocenters. The van der Waals surface area contributed by atoms with E-state index < -0.39 is 5.82 Å². The number of halogens is 1. The predicted molar refractivity (Wildman–Crippen MR) is 122 cm³/mol. The molecule has 158 valence electrons. The van der Waals surface area contributed by atoms with Crippen molar-refractivity contribution >= 4 is 39.8 Å². The van der Waals surface area contributed by atoms with Crippen molar-refractivity contribution < 1.29 is 9.18 Å². The Morgan fingerprint density at radius 1 is 1.13 bits per heavy atom. The molecule has 0 saturated heterocycles. The van der Waals surface area contributed by atoms with Crippen LogP contribution in [0.5, 0.6) is 0 Å². The highest BCUT2D eigenvalue weighted by Crippen LogP contribution is 2.33. The van der Waals surface area contributed by atoms with Crippen LogP contribution < -0.4 is 4.90 Å². The molecule has 0 spiro atoms. The molecular weight excluding hydrogens is 433 g/mol. The van der Waals surface area contributed by atoms with Gasteiger partial charge in [0.2, 0.25) is 5.91 Å². The van der Waals surface area contributed by atoms with Crippen LogP contribution in [0.15, 0.2) is 59.1 Å². The van der Waals surface area contributed by atoms with E-state index in [0.29, 0.717) is 10.9 Å². The second-order valence-electron chi connectivity index (χ2n) is 6.87. The van der Waals surface area contributed by atoms with Gasteiger partial charge in [-0.3, -0.25) is 14.3 Å². The molecule has 9 heteroatoms. The molecule has 0 saturated carbocycles. The summed E-state index contributed by atoms with van der Waals surface area (Å²) in [6.07, 6.45) is 0. The number of aryl methyl sites for hydroxylation is 2. The fourth-order valence-corrected chi connectivity index (χ4v) is 5.04. The first-order valence-corrected chi connectivity index (χ1v) is 11.4. The minimum atomic E-state index is -0.467. The lowest BCUT2D eigenvalue weighted by atomic mass is 10.2. The Hall–Kier alpha value is -3.04. The third-order valence-corrected chi connectivity index (χ3v) is 6.48. The summed E-state index contributed by atoms with van der Waals surface area (Å²) in [4.78, 5) is 18.1. The van der Waals surface area contributed by atoms with Gasteiger partial charge < -0.3 is 0 Å². The van der Waals surface area contributed by atoms with E-state index in [4.69, 9.17) is 0 Å². The van der Waals surface area contributed by atoms with Gasteiger partial charge in [-0.1, -0.05) is 42.1 Å². The van der Waals surface area contributed by atoms with Crippen LogP contribution in [0, 0.1) is 19.7 Å². The van der Waals surface area contributed by atoms with E-state index in [1.54, 1.807) is 18.2 Å². The van der Waals surface area contributed by atoms with Crippen LogP contribution in [0.25, 0.3) is 5.69 Å². The SMILES string of the molecule is CC(=O)N(c1nc(CSc2nnc(C)n2-c2ccccc2C)cs1)c1ccccc1F. The smallest absolute Gasteiger partial charge is 0.230 e. The van der Waals surface area contributed by atoms with Gasteiger partial charge in [0.1, 0.15) is 11.6 Å². The van der Waals surface area contributed by atoms with E-state index in [1.165, 1.54) is 41.0 Å². The van der Waals surface area contributed by atoms with Crippen LogP contribution in [0.3, 0.4) is 0 Å². The number of rotatable bonds is 6. The maximum atomic E-state index is 14.3. The van der Waals surface area contributed by atoms with E-state index in [0.717, 1.165) is 27.9 Å². The zero-order chi connectivity index (χ0) is 22.0. The fourth-order valence-electron chi connectivity index (χ4n) is 3.17. The lowest BCUT2D eigenvalue weighted by Crippen LogP contribution is -2.23. The Morgan fingerprint density at radius 2 is 1.87 bits per heavy atom. The number of benzene rings is 2. The molecule has 0 N–H and O–H groups in total. The van der Waals surface area contributed by atoms with Crippen molar-refractivity contribution in [3.8, 4) is 5.69 Å². The normalized spacial score (nSPS) is 11.0. The average Bonchev–Trinajstić information content (AvgIpc) is 3.35. The highest BCUT2D eigenvalue weighted by atomic mass is 32.2. The number of hydrogen-bond acceptors (Lipinski definition) is 6. The Morgan fingerprint density at radius 3 is 2.61 bits per heavy atom. The number of thioether (sulfide) groups is 1. The Kier molecular flexibility index (Phi) is 6.15. The molecule has 1 amide bonds. The lowest BCUT2D eigenvalue weighted by Gasteiger charge is -2.18. The average molecular weight is 454 g/mol. The molecule has 4 rings (SSSR count). The molecule has 0 aliphatic heterocycles. The first-order chi connectivity index (χ1) is 15.0. The third kappa shape index (κ3) is 4.38. The van der Waals surface area contributed by atoms with Gasteiger partial charge in [-0.2, -0.15) is 0 Å². The van der Waals surface area contributed by atoms with Gasteiger partial charge in [-0.05, 0) is 37.6 Å². The first-order valence-electron chi connectivity index (χ1n) is 9.56. The minimum Gasteiger partial charge on any atom is -0.274 e. The van der Waals surface area contributed by atoms with Crippen LogP contribution in [0.2, 0.25) is 0 Å². The van der Waals surface area contributed by atoms with Crippen LogP contribution in [-0.4, -0.2) is 25.7 Å². The monoisotopic (exact) mass is 453 g/mol. The Labute approximate surface area is 187 Å². The summed E-state index contributed by atoms with van der Waals surface area (Å²) in [6.45, 7) is 5.37. The van der Waals surface area contributed by atoms with Crippen molar-refractivity contribution in [1.82, 2.24) is 19.7 Å². The van der Waals surface area contributed by atoms with Gasteiger partial charge in [0.05, 0.1) is 17.1 Å².